The largest absolute Gasteiger partial charge is 0.449 e. The Morgan fingerprint density at radius 1 is 1.27 bits per heavy atom. The molecule has 1 aliphatic rings. The summed E-state index contributed by atoms with van der Waals surface area (Å²) in [5.41, 5.74) is 1.14. The minimum absolute atomic E-state index is 0. The standard InChI is InChI=1S/C7H8F3N3.2ClH/c1-13-5-3-11-2-4(5)12-6(13)7(8,9)10;;/h11H,2-3H2,1H3;2*1H. The van der Waals surface area contributed by atoms with Crippen LogP contribution in [0.5, 0.6) is 0 Å². The van der Waals surface area contributed by atoms with Crippen molar-refractivity contribution in [1.82, 2.24) is 14.9 Å². The third kappa shape index (κ3) is 2.38. The van der Waals surface area contributed by atoms with Gasteiger partial charge in [0.15, 0.2) is 0 Å². The van der Waals surface area contributed by atoms with Crippen molar-refractivity contribution >= 4 is 24.8 Å². The van der Waals surface area contributed by atoms with Crippen LogP contribution in [0.4, 0.5) is 13.2 Å². The first kappa shape index (κ1) is 14.5. The second-order valence-electron chi connectivity index (χ2n) is 2.99. The summed E-state index contributed by atoms with van der Waals surface area (Å²) in [5, 5.41) is 2.94. The van der Waals surface area contributed by atoms with Crippen molar-refractivity contribution in [1.29, 1.82) is 0 Å². The van der Waals surface area contributed by atoms with Gasteiger partial charge in [-0.25, -0.2) is 4.98 Å². The highest BCUT2D eigenvalue weighted by atomic mass is 35.5. The average Bonchev–Trinajstić information content (AvgIpc) is 2.51. The van der Waals surface area contributed by atoms with Gasteiger partial charge in [0.05, 0.1) is 11.4 Å². The molecule has 15 heavy (non-hydrogen) atoms. The quantitative estimate of drug-likeness (QED) is 0.775. The van der Waals surface area contributed by atoms with Crippen LogP contribution in [0.1, 0.15) is 17.2 Å². The molecule has 0 fully saturated rings. The Bertz CT molecular complexity index is 348. The van der Waals surface area contributed by atoms with E-state index in [4.69, 9.17) is 0 Å². The first-order valence-corrected chi connectivity index (χ1v) is 3.82. The molecular weight excluding hydrogens is 254 g/mol. The van der Waals surface area contributed by atoms with Crippen molar-refractivity contribution in [3.05, 3.63) is 17.2 Å². The minimum Gasteiger partial charge on any atom is -0.326 e. The maximum atomic E-state index is 12.3. The molecule has 0 bridgehead atoms. The lowest BCUT2D eigenvalue weighted by Gasteiger charge is -2.07. The molecule has 0 saturated carbocycles. The Morgan fingerprint density at radius 3 is 2.33 bits per heavy atom. The molecule has 88 valence electrons. The molecule has 2 heterocycles. The normalized spacial score (nSPS) is 14.1. The fourth-order valence-corrected chi connectivity index (χ4v) is 1.50. The summed E-state index contributed by atoms with van der Waals surface area (Å²) in [5.74, 6) is -0.806. The third-order valence-corrected chi connectivity index (χ3v) is 2.13. The molecular formula is C7H10Cl2F3N3. The number of fused-ring (bicyclic) bond motifs is 1. The van der Waals surface area contributed by atoms with Gasteiger partial charge in [0.2, 0.25) is 5.82 Å². The highest BCUT2D eigenvalue weighted by molar-refractivity contribution is 5.85. The number of alkyl halides is 3. The Balaban J connectivity index is 0.000000980. The number of halogens is 5. The predicted molar refractivity (Wildman–Crippen MR) is 53.2 cm³/mol. The molecule has 0 saturated heterocycles. The molecule has 1 N–H and O–H groups in total. The Morgan fingerprint density at radius 2 is 1.87 bits per heavy atom. The highest BCUT2D eigenvalue weighted by Gasteiger charge is 2.38. The van der Waals surface area contributed by atoms with E-state index in [0.29, 0.717) is 24.5 Å². The molecule has 0 unspecified atom stereocenters. The molecule has 1 aromatic rings. The van der Waals surface area contributed by atoms with E-state index in [9.17, 15) is 13.2 Å². The van der Waals surface area contributed by atoms with Gasteiger partial charge in [-0.1, -0.05) is 0 Å². The molecule has 1 aliphatic heterocycles. The van der Waals surface area contributed by atoms with Crippen LogP contribution in [0, 0.1) is 0 Å². The van der Waals surface area contributed by atoms with Crippen LogP contribution in [0.15, 0.2) is 0 Å². The molecule has 0 radical (unpaired) electrons. The number of aromatic nitrogens is 2. The zero-order valence-electron chi connectivity index (χ0n) is 7.76. The summed E-state index contributed by atoms with van der Waals surface area (Å²) >= 11 is 0. The fourth-order valence-electron chi connectivity index (χ4n) is 1.50. The number of rotatable bonds is 0. The van der Waals surface area contributed by atoms with Crippen LogP contribution >= 0.6 is 24.8 Å². The van der Waals surface area contributed by atoms with Crippen molar-refractivity contribution in [2.24, 2.45) is 7.05 Å². The van der Waals surface area contributed by atoms with Crippen LogP contribution in [0.2, 0.25) is 0 Å². The molecule has 0 aliphatic carbocycles. The SMILES string of the molecule is Cl.Cl.Cn1c(C(F)(F)F)nc2c1CNC2. The Hall–Kier alpha value is -0.460. The zero-order chi connectivity index (χ0) is 9.64. The molecule has 8 heteroatoms. The van der Waals surface area contributed by atoms with Crippen LogP contribution < -0.4 is 5.32 Å². The summed E-state index contributed by atoms with van der Waals surface area (Å²) < 4.78 is 38.0. The number of hydrogen-bond donors (Lipinski definition) is 1. The third-order valence-electron chi connectivity index (χ3n) is 2.13. The van der Waals surface area contributed by atoms with Gasteiger partial charge in [-0.3, -0.25) is 0 Å². The predicted octanol–water partition coefficient (Wildman–Crippen LogP) is 1.89. The second kappa shape index (κ2) is 4.59. The second-order valence-corrected chi connectivity index (χ2v) is 2.99. The van der Waals surface area contributed by atoms with Crippen LogP contribution in [-0.2, 0) is 26.3 Å². The van der Waals surface area contributed by atoms with Gasteiger partial charge in [-0.15, -0.1) is 24.8 Å². The van der Waals surface area contributed by atoms with Gasteiger partial charge in [0.1, 0.15) is 0 Å². The van der Waals surface area contributed by atoms with Gasteiger partial charge >= 0.3 is 6.18 Å². The van der Waals surface area contributed by atoms with E-state index in [-0.39, 0.29) is 24.8 Å². The van der Waals surface area contributed by atoms with Crippen molar-refractivity contribution in [3.8, 4) is 0 Å². The Kier molecular flexibility index (Phi) is 4.45. The fraction of sp³-hybridized carbons (Fsp3) is 0.571. The lowest BCUT2D eigenvalue weighted by molar-refractivity contribution is -0.146. The first-order chi connectivity index (χ1) is 6.00. The maximum Gasteiger partial charge on any atom is 0.449 e. The van der Waals surface area contributed by atoms with Gasteiger partial charge in [-0.2, -0.15) is 13.2 Å². The molecule has 3 nitrogen and oxygen atoms in total. The number of nitrogens with zero attached hydrogens (tertiary/aromatic N) is 2. The summed E-state index contributed by atoms with van der Waals surface area (Å²) in [6.45, 7) is 0.897. The smallest absolute Gasteiger partial charge is 0.326 e. The monoisotopic (exact) mass is 263 g/mol. The van der Waals surface area contributed by atoms with Crippen molar-refractivity contribution in [2.45, 2.75) is 19.3 Å². The van der Waals surface area contributed by atoms with Crippen molar-refractivity contribution in [3.63, 3.8) is 0 Å². The Labute approximate surface area is 96.9 Å². The summed E-state index contributed by atoms with van der Waals surface area (Å²) in [6.07, 6.45) is -4.35. The molecule has 0 amide bonds. The van der Waals surface area contributed by atoms with Gasteiger partial charge in [0, 0.05) is 20.1 Å². The molecule has 1 aromatic heterocycles. The number of imidazole rings is 1. The number of hydrogen-bond acceptors (Lipinski definition) is 2. The van der Waals surface area contributed by atoms with E-state index in [0.717, 1.165) is 4.57 Å². The molecule has 0 atom stereocenters. The lowest BCUT2D eigenvalue weighted by atomic mass is 10.4. The first-order valence-electron chi connectivity index (χ1n) is 3.82. The van der Waals surface area contributed by atoms with Crippen LogP contribution in [0.3, 0.4) is 0 Å². The topological polar surface area (TPSA) is 29.9 Å². The van der Waals surface area contributed by atoms with Gasteiger partial charge < -0.3 is 9.88 Å². The van der Waals surface area contributed by atoms with E-state index < -0.39 is 12.0 Å². The minimum atomic E-state index is -4.35. The van der Waals surface area contributed by atoms with Gasteiger partial charge in [-0.05, 0) is 0 Å². The van der Waals surface area contributed by atoms with E-state index in [1.807, 2.05) is 0 Å². The summed E-state index contributed by atoms with van der Waals surface area (Å²) in [6, 6.07) is 0. The van der Waals surface area contributed by atoms with Crippen LogP contribution in [0.25, 0.3) is 0 Å². The maximum absolute atomic E-state index is 12.3. The molecule has 2 rings (SSSR count). The van der Waals surface area contributed by atoms with Crippen molar-refractivity contribution < 1.29 is 13.2 Å². The van der Waals surface area contributed by atoms with Gasteiger partial charge in [0.25, 0.3) is 0 Å². The van der Waals surface area contributed by atoms with Crippen molar-refractivity contribution in [2.75, 3.05) is 0 Å². The zero-order valence-corrected chi connectivity index (χ0v) is 9.39. The summed E-state index contributed by atoms with van der Waals surface area (Å²) in [4.78, 5) is 3.54. The van der Waals surface area contributed by atoms with E-state index in [1.165, 1.54) is 7.05 Å². The number of nitrogens with one attached hydrogen (secondary N) is 1. The van der Waals surface area contributed by atoms with E-state index in [1.54, 1.807) is 0 Å². The van der Waals surface area contributed by atoms with E-state index >= 15 is 0 Å². The molecule has 0 aromatic carbocycles. The van der Waals surface area contributed by atoms with Crippen LogP contribution in [-0.4, -0.2) is 9.55 Å². The lowest BCUT2D eigenvalue weighted by Crippen LogP contribution is -2.16. The van der Waals surface area contributed by atoms with E-state index in [2.05, 4.69) is 10.3 Å². The average molecular weight is 264 g/mol. The highest BCUT2D eigenvalue weighted by Crippen LogP contribution is 2.30. The molecule has 0 spiro atoms. The summed E-state index contributed by atoms with van der Waals surface area (Å²) in [7, 11) is 1.39.